The van der Waals surface area contributed by atoms with Crippen LogP contribution in [0.2, 0.25) is 0 Å². The topological polar surface area (TPSA) is 102 Å². The molecule has 0 saturated carbocycles. The van der Waals surface area contributed by atoms with E-state index in [2.05, 4.69) is 5.32 Å². The zero-order valence-electron chi connectivity index (χ0n) is 9.58. The average molecular weight is 235 g/mol. The number of hydrogen-bond donors (Lipinski definition) is 5. The molecule has 1 unspecified atom stereocenters. The molecule has 5 atom stereocenters. The van der Waals surface area contributed by atoms with Crippen LogP contribution in [-0.4, -0.2) is 64.2 Å². The maximum atomic E-state index is 9.71. The molecule has 1 rings (SSSR count). The van der Waals surface area contributed by atoms with Crippen LogP contribution in [0.4, 0.5) is 0 Å². The first-order chi connectivity index (χ1) is 7.47. The Kier molecular flexibility index (Phi) is 5.10. The molecular formula is C10H21NO5. The zero-order valence-corrected chi connectivity index (χ0v) is 9.58. The van der Waals surface area contributed by atoms with Crippen LogP contribution in [0.1, 0.15) is 13.8 Å². The Labute approximate surface area is 94.9 Å². The Bertz CT molecular complexity index is 213. The molecule has 6 nitrogen and oxygen atoms in total. The third-order valence-corrected chi connectivity index (χ3v) is 2.63. The molecule has 96 valence electrons. The van der Waals surface area contributed by atoms with Gasteiger partial charge in [0.2, 0.25) is 0 Å². The fourth-order valence-electron chi connectivity index (χ4n) is 1.66. The van der Waals surface area contributed by atoms with E-state index >= 15 is 0 Å². The standard InChI is InChI=1S/C10H21NO5/c1-5(2)3-11-10(15)9-8(14)7(13)6(4-12)16-9/h5-15H,3-4H2,1-2H3/t6-,7-,8+,9-,10?/m1/s1. The summed E-state index contributed by atoms with van der Waals surface area (Å²) < 4.78 is 5.17. The second-order valence-electron chi connectivity index (χ2n) is 4.55. The van der Waals surface area contributed by atoms with E-state index in [-0.39, 0.29) is 6.61 Å². The molecule has 5 N–H and O–H groups in total. The fourth-order valence-corrected chi connectivity index (χ4v) is 1.66. The van der Waals surface area contributed by atoms with E-state index in [0.717, 1.165) is 0 Å². The van der Waals surface area contributed by atoms with Gasteiger partial charge in [-0.2, -0.15) is 0 Å². The molecule has 0 radical (unpaired) electrons. The molecule has 0 aliphatic carbocycles. The van der Waals surface area contributed by atoms with E-state index in [1.165, 1.54) is 0 Å². The number of aliphatic hydroxyl groups excluding tert-OH is 4. The van der Waals surface area contributed by atoms with Gasteiger partial charge in [0, 0.05) is 0 Å². The van der Waals surface area contributed by atoms with Gasteiger partial charge in [-0.15, -0.1) is 0 Å². The maximum absolute atomic E-state index is 9.71. The molecule has 0 aromatic heterocycles. The molecule has 0 spiro atoms. The highest BCUT2D eigenvalue weighted by molar-refractivity contribution is 4.93. The summed E-state index contributed by atoms with van der Waals surface area (Å²) in [7, 11) is 0. The molecule has 6 heteroatoms. The van der Waals surface area contributed by atoms with Crippen LogP contribution in [0.15, 0.2) is 0 Å². The molecule has 1 heterocycles. The van der Waals surface area contributed by atoms with Crippen LogP contribution < -0.4 is 5.32 Å². The Hall–Kier alpha value is -0.240. The van der Waals surface area contributed by atoms with E-state index in [4.69, 9.17) is 9.84 Å². The number of nitrogens with one attached hydrogen (secondary N) is 1. The highest BCUT2D eigenvalue weighted by atomic mass is 16.6. The molecule has 0 aromatic rings. The second-order valence-corrected chi connectivity index (χ2v) is 4.55. The Morgan fingerprint density at radius 3 is 2.31 bits per heavy atom. The van der Waals surface area contributed by atoms with Crippen molar-refractivity contribution < 1.29 is 25.2 Å². The average Bonchev–Trinajstić information content (AvgIpc) is 2.52. The van der Waals surface area contributed by atoms with Crippen LogP contribution in [-0.2, 0) is 4.74 Å². The third-order valence-electron chi connectivity index (χ3n) is 2.63. The van der Waals surface area contributed by atoms with Crippen molar-refractivity contribution in [3.63, 3.8) is 0 Å². The summed E-state index contributed by atoms with van der Waals surface area (Å²) in [4.78, 5) is 0. The predicted octanol–water partition coefficient (Wildman–Crippen LogP) is -1.97. The maximum Gasteiger partial charge on any atom is 0.134 e. The minimum Gasteiger partial charge on any atom is -0.394 e. The van der Waals surface area contributed by atoms with Crippen molar-refractivity contribution in [2.75, 3.05) is 13.2 Å². The Morgan fingerprint density at radius 2 is 1.88 bits per heavy atom. The first-order valence-corrected chi connectivity index (χ1v) is 5.51. The minimum absolute atomic E-state index is 0.353. The zero-order chi connectivity index (χ0) is 12.3. The number of ether oxygens (including phenoxy) is 1. The van der Waals surface area contributed by atoms with Crippen molar-refractivity contribution in [2.24, 2.45) is 5.92 Å². The van der Waals surface area contributed by atoms with E-state index < -0.39 is 30.6 Å². The highest BCUT2D eigenvalue weighted by Crippen LogP contribution is 2.22. The first-order valence-electron chi connectivity index (χ1n) is 5.51. The van der Waals surface area contributed by atoms with Gasteiger partial charge >= 0.3 is 0 Å². The van der Waals surface area contributed by atoms with Gasteiger partial charge < -0.3 is 25.2 Å². The molecule has 0 aromatic carbocycles. The van der Waals surface area contributed by atoms with Gasteiger partial charge in [-0.25, -0.2) is 0 Å². The van der Waals surface area contributed by atoms with Gasteiger partial charge in [-0.1, -0.05) is 13.8 Å². The van der Waals surface area contributed by atoms with Crippen LogP contribution in [0.5, 0.6) is 0 Å². The smallest absolute Gasteiger partial charge is 0.134 e. The van der Waals surface area contributed by atoms with Crippen LogP contribution in [0, 0.1) is 5.92 Å². The molecule has 0 amide bonds. The van der Waals surface area contributed by atoms with Gasteiger partial charge in [-0.3, -0.25) is 5.32 Å². The summed E-state index contributed by atoms with van der Waals surface area (Å²) in [6, 6.07) is 0. The van der Waals surface area contributed by atoms with E-state index in [1.54, 1.807) is 0 Å². The summed E-state index contributed by atoms with van der Waals surface area (Å²) in [5, 5.41) is 40.5. The lowest BCUT2D eigenvalue weighted by atomic mass is 10.1. The lowest BCUT2D eigenvalue weighted by Crippen LogP contribution is -2.47. The van der Waals surface area contributed by atoms with Gasteiger partial charge in [-0.05, 0) is 12.5 Å². The largest absolute Gasteiger partial charge is 0.394 e. The second kappa shape index (κ2) is 5.90. The molecule has 16 heavy (non-hydrogen) atoms. The van der Waals surface area contributed by atoms with Gasteiger partial charge in [0.25, 0.3) is 0 Å². The van der Waals surface area contributed by atoms with Crippen LogP contribution in [0.25, 0.3) is 0 Å². The normalized spacial score (nSPS) is 36.9. The van der Waals surface area contributed by atoms with E-state index in [1.807, 2.05) is 13.8 Å². The fraction of sp³-hybridized carbons (Fsp3) is 1.00. The van der Waals surface area contributed by atoms with Crippen LogP contribution in [0.3, 0.4) is 0 Å². The van der Waals surface area contributed by atoms with Crippen molar-refractivity contribution in [2.45, 2.75) is 44.5 Å². The minimum atomic E-state index is -1.19. The highest BCUT2D eigenvalue weighted by Gasteiger charge is 2.45. The van der Waals surface area contributed by atoms with Gasteiger partial charge in [0.15, 0.2) is 0 Å². The number of hydrogen-bond acceptors (Lipinski definition) is 6. The van der Waals surface area contributed by atoms with Gasteiger partial charge in [0.05, 0.1) is 6.61 Å². The van der Waals surface area contributed by atoms with Crippen molar-refractivity contribution in [1.29, 1.82) is 0 Å². The monoisotopic (exact) mass is 235 g/mol. The van der Waals surface area contributed by atoms with Gasteiger partial charge in [0.1, 0.15) is 30.6 Å². The Balaban J connectivity index is 2.47. The number of aliphatic hydroxyl groups is 4. The quantitative estimate of drug-likeness (QED) is 0.354. The first kappa shape index (κ1) is 13.8. The van der Waals surface area contributed by atoms with E-state index in [9.17, 15) is 15.3 Å². The summed E-state index contributed by atoms with van der Waals surface area (Å²) >= 11 is 0. The van der Waals surface area contributed by atoms with Crippen molar-refractivity contribution in [3.05, 3.63) is 0 Å². The van der Waals surface area contributed by atoms with Crippen molar-refractivity contribution in [3.8, 4) is 0 Å². The molecule has 1 aliphatic heterocycles. The number of rotatable bonds is 5. The molecule has 1 saturated heterocycles. The summed E-state index contributed by atoms with van der Waals surface area (Å²) in [6.45, 7) is 4.16. The van der Waals surface area contributed by atoms with Crippen LogP contribution >= 0.6 is 0 Å². The van der Waals surface area contributed by atoms with Crippen molar-refractivity contribution >= 4 is 0 Å². The summed E-state index contributed by atoms with van der Waals surface area (Å²) in [5.74, 6) is 0.353. The Morgan fingerprint density at radius 1 is 1.25 bits per heavy atom. The molecule has 1 aliphatic rings. The lowest BCUT2D eigenvalue weighted by molar-refractivity contribution is -0.0856. The van der Waals surface area contributed by atoms with Crippen molar-refractivity contribution in [1.82, 2.24) is 5.32 Å². The molecular weight excluding hydrogens is 214 g/mol. The summed E-state index contributed by atoms with van der Waals surface area (Å²) in [5.41, 5.74) is 0. The lowest BCUT2D eigenvalue weighted by Gasteiger charge is -2.22. The third kappa shape index (κ3) is 3.13. The molecule has 0 bridgehead atoms. The summed E-state index contributed by atoms with van der Waals surface area (Å²) in [6.07, 6.45) is -5.15. The van der Waals surface area contributed by atoms with E-state index in [0.29, 0.717) is 12.5 Å². The SMILES string of the molecule is CC(C)CNC(O)[C@@H]1O[C@H](CO)[C@@H](O)[C@@H]1O. The molecule has 1 fully saturated rings. The predicted molar refractivity (Wildman–Crippen MR) is 56.6 cm³/mol.